The topological polar surface area (TPSA) is 43.4 Å². The predicted molar refractivity (Wildman–Crippen MR) is 72.6 cm³/mol. The first-order valence-electron chi connectivity index (χ1n) is 6.19. The van der Waals surface area contributed by atoms with Gasteiger partial charge < -0.3 is 4.43 Å². The van der Waals surface area contributed by atoms with Crippen LogP contribution < -0.4 is 0 Å². The molecule has 0 aliphatic heterocycles. The van der Waals surface area contributed by atoms with Crippen LogP contribution in [0.1, 0.15) is 40.5 Å². The number of carbonyl (C=O) groups is 2. The number of Topliss-reactive ketones (excluding diaryl/α,β-unsaturated/α-hetero) is 2. The van der Waals surface area contributed by atoms with Crippen LogP contribution in [0.3, 0.4) is 0 Å². The van der Waals surface area contributed by atoms with Crippen molar-refractivity contribution in [2.75, 3.05) is 0 Å². The second-order valence-corrected chi connectivity index (χ2v) is 10.9. The molecular weight excluding hydrogens is 232 g/mol. The van der Waals surface area contributed by atoms with Gasteiger partial charge in [-0.15, -0.1) is 0 Å². The molecule has 0 atom stereocenters. The third-order valence-electron chi connectivity index (χ3n) is 2.23. The lowest BCUT2D eigenvalue weighted by atomic mass is 9.96. The second kappa shape index (κ2) is 5.91. The average Bonchev–Trinajstić information content (AvgIpc) is 1.96. The van der Waals surface area contributed by atoms with Crippen LogP contribution in [0.15, 0.2) is 0 Å². The van der Waals surface area contributed by atoms with E-state index in [9.17, 15) is 9.59 Å². The molecule has 0 saturated carbocycles. The maximum atomic E-state index is 12.0. The minimum Gasteiger partial charge on any atom is -0.406 e. The zero-order chi connectivity index (χ0) is 13.9. The quantitative estimate of drug-likeness (QED) is 0.520. The van der Waals surface area contributed by atoms with Crippen molar-refractivity contribution in [1.82, 2.24) is 0 Å². The third kappa shape index (κ3) is 7.44. The number of ketones is 2. The van der Waals surface area contributed by atoms with E-state index in [1.807, 2.05) is 33.5 Å². The first kappa shape index (κ1) is 16.5. The maximum absolute atomic E-state index is 12.0. The molecule has 3 nitrogen and oxygen atoms in total. The molecule has 0 saturated heterocycles. The monoisotopic (exact) mass is 258 g/mol. The minimum absolute atomic E-state index is 0.00431. The van der Waals surface area contributed by atoms with Crippen LogP contribution in [-0.4, -0.2) is 25.5 Å². The summed E-state index contributed by atoms with van der Waals surface area (Å²) in [6.45, 7) is 13.6. The molecule has 0 aliphatic carbocycles. The van der Waals surface area contributed by atoms with Gasteiger partial charge >= 0.3 is 0 Å². The fraction of sp³-hybridized carbons (Fsp3) is 0.846. The number of rotatable bonds is 7. The highest BCUT2D eigenvalue weighted by Crippen LogP contribution is 2.20. The highest BCUT2D eigenvalue weighted by atomic mass is 28.4. The Morgan fingerprint density at radius 2 is 1.65 bits per heavy atom. The van der Waals surface area contributed by atoms with Crippen LogP contribution in [0.2, 0.25) is 19.6 Å². The van der Waals surface area contributed by atoms with Gasteiger partial charge in [-0.3, -0.25) is 9.59 Å². The Hall–Kier alpha value is -0.483. The highest BCUT2D eigenvalue weighted by molar-refractivity contribution is 6.70. The normalized spacial score (nSPS) is 12.9. The molecule has 0 aromatic heterocycles. The summed E-state index contributed by atoms with van der Waals surface area (Å²) in [5, 5.41) is 0. The summed E-state index contributed by atoms with van der Waals surface area (Å²) in [5.41, 5.74) is -0.836. The van der Waals surface area contributed by atoms with Crippen molar-refractivity contribution in [2.24, 2.45) is 5.92 Å². The Kier molecular flexibility index (Phi) is 5.74. The molecule has 0 radical (unpaired) electrons. The van der Waals surface area contributed by atoms with E-state index in [0.29, 0.717) is 12.3 Å². The van der Waals surface area contributed by atoms with Crippen LogP contribution in [0, 0.1) is 5.92 Å². The molecule has 0 unspecified atom stereocenters. The van der Waals surface area contributed by atoms with E-state index in [-0.39, 0.29) is 18.0 Å². The largest absolute Gasteiger partial charge is 0.406 e. The van der Waals surface area contributed by atoms with E-state index in [0.717, 1.165) is 0 Å². The van der Waals surface area contributed by atoms with E-state index >= 15 is 0 Å². The molecule has 0 aliphatic rings. The maximum Gasteiger partial charge on any atom is 0.185 e. The number of hydrogen-bond donors (Lipinski definition) is 0. The van der Waals surface area contributed by atoms with Gasteiger partial charge in [-0.05, 0) is 39.4 Å². The Morgan fingerprint density at radius 3 is 2.00 bits per heavy atom. The molecule has 0 amide bonds. The Labute approximate surface area is 106 Å². The van der Waals surface area contributed by atoms with E-state index < -0.39 is 13.9 Å². The SMILES string of the molecule is CC(C)CC(=O)CC(=O)C(C)(C)O[Si](C)(C)C. The van der Waals surface area contributed by atoms with E-state index in [2.05, 4.69) is 0 Å². The molecule has 0 heterocycles. The second-order valence-electron chi connectivity index (χ2n) is 6.46. The standard InChI is InChI=1S/C13H26O3Si/c1-10(2)8-11(14)9-12(15)13(3,4)16-17(5,6)7/h10H,8-9H2,1-7H3. The molecule has 17 heavy (non-hydrogen) atoms. The third-order valence-corrected chi connectivity index (χ3v) is 3.35. The zero-order valence-corrected chi connectivity index (χ0v) is 13.2. The van der Waals surface area contributed by atoms with Crippen LogP contribution in [0.4, 0.5) is 0 Å². The number of carbonyl (C=O) groups excluding carboxylic acids is 2. The molecule has 0 spiro atoms. The summed E-state index contributed by atoms with van der Waals surface area (Å²) in [4.78, 5) is 23.6. The molecule has 0 rings (SSSR count). The Morgan fingerprint density at radius 1 is 1.18 bits per heavy atom. The Bertz CT molecular complexity index is 288. The number of hydrogen-bond acceptors (Lipinski definition) is 3. The molecule has 0 aromatic rings. The van der Waals surface area contributed by atoms with E-state index in [1.54, 1.807) is 13.8 Å². The van der Waals surface area contributed by atoms with Crippen molar-refractivity contribution < 1.29 is 14.0 Å². The molecule has 100 valence electrons. The van der Waals surface area contributed by atoms with Gasteiger partial charge in [-0.1, -0.05) is 13.8 Å². The fourth-order valence-electron chi connectivity index (χ4n) is 1.74. The van der Waals surface area contributed by atoms with Crippen LogP contribution in [0.25, 0.3) is 0 Å². The van der Waals surface area contributed by atoms with Crippen molar-refractivity contribution in [3.05, 3.63) is 0 Å². The summed E-state index contributed by atoms with van der Waals surface area (Å²) >= 11 is 0. The minimum atomic E-state index is -1.77. The predicted octanol–water partition coefficient (Wildman–Crippen LogP) is 3.19. The van der Waals surface area contributed by atoms with Crippen LogP contribution >= 0.6 is 0 Å². The first-order valence-corrected chi connectivity index (χ1v) is 9.60. The van der Waals surface area contributed by atoms with Crippen LogP contribution in [-0.2, 0) is 14.0 Å². The molecule has 4 heteroatoms. The van der Waals surface area contributed by atoms with Crippen molar-refractivity contribution in [1.29, 1.82) is 0 Å². The van der Waals surface area contributed by atoms with Gasteiger partial charge in [0.2, 0.25) is 0 Å². The summed E-state index contributed by atoms with van der Waals surface area (Å²) < 4.78 is 5.83. The summed E-state index contributed by atoms with van der Waals surface area (Å²) in [6, 6.07) is 0. The van der Waals surface area contributed by atoms with Gasteiger partial charge in [0.05, 0.1) is 6.42 Å². The van der Waals surface area contributed by atoms with Gasteiger partial charge in [0.1, 0.15) is 11.4 Å². The summed E-state index contributed by atoms with van der Waals surface area (Å²) in [5.74, 6) is 0.208. The molecule has 0 fully saturated rings. The molecule has 0 N–H and O–H groups in total. The van der Waals surface area contributed by atoms with Gasteiger partial charge in [-0.25, -0.2) is 0 Å². The van der Waals surface area contributed by atoms with Crippen molar-refractivity contribution in [3.8, 4) is 0 Å². The van der Waals surface area contributed by atoms with Gasteiger partial charge in [0, 0.05) is 6.42 Å². The van der Waals surface area contributed by atoms with E-state index in [1.165, 1.54) is 0 Å². The highest BCUT2D eigenvalue weighted by Gasteiger charge is 2.34. The molecular formula is C13H26O3Si. The molecule has 0 aromatic carbocycles. The lowest BCUT2D eigenvalue weighted by molar-refractivity contribution is -0.136. The first-order chi connectivity index (χ1) is 7.44. The Balaban J connectivity index is 4.44. The zero-order valence-electron chi connectivity index (χ0n) is 12.2. The smallest absolute Gasteiger partial charge is 0.185 e. The van der Waals surface area contributed by atoms with Gasteiger partial charge in [0.15, 0.2) is 14.1 Å². The lowest BCUT2D eigenvalue weighted by Gasteiger charge is -2.31. The molecule has 0 bridgehead atoms. The summed E-state index contributed by atoms with van der Waals surface area (Å²) in [6.07, 6.45) is 0.463. The summed E-state index contributed by atoms with van der Waals surface area (Å²) in [7, 11) is -1.77. The lowest BCUT2D eigenvalue weighted by Crippen LogP contribution is -2.44. The van der Waals surface area contributed by atoms with Crippen LogP contribution in [0.5, 0.6) is 0 Å². The van der Waals surface area contributed by atoms with Crippen molar-refractivity contribution >= 4 is 19.9 Å². The van der Waals surface area contributed by atoms with Gasteiger partial charge in [-0.2, -0.15) is 0 Å². The average molecular weight is 258 g/mol. The van der Waals surface area contributed by atoms with Gasteiger partial charge in [0.25, 0.3) is 0 Å². The van der Waals surface area contributed by atoms with Crippen molar-refractivity contribution in [3.63, 3.8) is 0 Å². The fourth-order valence-corrected chi connectivity index (χ4v) is 3.39. The van der Waals surface area contributed by atoms with E-state index in [4.69, 9.17) is 4.43 Å². The van der Waals surface area contributed by atoms with Crippen molar-refractivity contribution in [2.45, 2.75) is 65.8 Å².